The van der Waals surface area contributed by atoms with Crippen LogP contribution in [0.1, 0.15) is 40.0 Å². The summed E-state index contributed by atoms with van der Waals surface area (Å²) in [7, 11) is 1.51. The number of methoxy groups -OCH3 is 1. The largest absolute Gasteiger partial charge is 0.495 e. The van der Waals surface area contributed by atoms with Gasteiger partial charge in [-0.25, -0.2) is 0 Å². The van der Waals surface area contributed by atoms with Crippen LogP contribution in [0.3, 0.4) is 0 Å². The molecule has 3 rings (SSSR count). The number of amides is 2. The van der Waals surface area contributed by atoms with Crippen LogP contribution < -0.4 is 15.4 Å². The number of hydrogen-bond acceptors (Lipinski definition) is 6. The number of allylic oxidation sites excluding steroid dienone is 2. The number of carbonyl (C=O) groups is 2. The Labute approximate surface area is 185 Å². The summed E-state index contributed by atoms with van der Waals surface area (Å²) in [6, 6.07) is 4.94. The molecule has 0 spiro atoms. The van der Waals surface area contributed by atoms with Gasteiger partial charge in [-0.2, -0.15) is 5.10 Å². The van der Waals surface area contributed by atoms with Gasteiger partial charge in [-0.3, -0.25) is 9.59 Å². The van der Waals surface area contributed by atoms with E-state index < -0.39 is 5.25 Å². The molecule has 0 bridgehead atoms. The van der Waals surface area contributed by atoms with Gasteiger partial charge < -0.3 is 15.4 Å². The van der Waals surface area contributed by atoms with E-state index in [2.05, 4.69) is 41.6 Å². The number of ether oxygens (including phenoxy) is 1. The Morgan fingerprint density at radius 1 is 1.37 bits per heavy atom. The lowest BCUT2D eigenvalue weighted by Gasteiger charge is -2.28. The Morgan fingerprint density at radius 2 is 2.13 bits per heavy atom. The molecule has 30 heavy (non-hydrogen) atoms. The lowest BCUT2D eigenvalue weighted by atomic mass is 9.77. The van der Waals surface area contributed by atoms with Crippen LogP contribution in [0.15, 0.2) is 40.1 Å². The number of benzene rings is 1. The van der Waals surface area contributed by atoms with Crippen LogP contribution in [0.2, 0.25) is 5.02 Å². The van der Waals surface area contributed by atoms with Gasteiger partial charge in [0, 0.05) is 11.4 Å². The van der Waals surface area contributed by atoms with Crippen LogP contribution in [0.25, 0.3) is 0 Å². The zero-order chi connectivity index (χ0) is 21.9. The van der Waals surface area contributed by atoms with Crippen molar-refractivity contribution in [1.29, 1.82) is 0 Å². The van der Waals surface area contributed by atoms with Gasteiger partial charge >= 0.3 is 0 Å². The van der Waals surface area contributed by atoms with Crippen molar-refractivity contribution in [2.75, 3.05) is 12.4 Å². The number of carbonyl (C=O) groups excluding carboxylic acids is 2. The van der Waals surface area contributed by atoms with Gasteiger partial charge in [0.05, 0.1) is 18.5 Å². The molecule has 0 aromatic heterocycles. The van der Waals surface area contributed by atoms with E-state index in [-0.39, 0.29) is 23.7 Å². The average molecular weight is 449 g/mol. The number of nitrogens with one attached hydrogen (secondary N) is 2. The van der Waals surface area contributed by atoms with Crippen molar-refractivity contribution in [2.24, 2.45) is 15.6 Å². The highest BCUT2D eigenvalue weighted by Crippen LogP contribution is 2.34. The normalized spacial score (nSPS) is 23.3. The molecule has 9 heteroatoms. The molecule has 0 radical (unpaired) electrons. The molecule has 1 fully saturated rings. The molecule has 1 saturated heterocycles. The maximum atomic E-state index is 12.4. The summed E-state index contributed by atoms with van der Waals surface area (Å²) in [6.07, 6.45) is 3.89. The van der Waals surface area contributed by atoms with E-state index in [0.717, 1.165) is 18.6 Å². The third-order valence-corrected chi connectivity index (χ3v) is 5.99. The number of halogens is 1. The second-order valence-corrected chi connectivity index (χ2v) is 9.83. The zero-order valence-electron chi connectivity index (χ0n) is 17.4. The first-order valence-electron chi connectivity index (χ1n) is 9.58. The number of hydrogen-bond donors (Lipinski definition) is 2. The summed E-state index contributed by atoms with van der Waals surface area (Å²) in [6.45, 7) is 6.48. The van der Waals surface area contributed by atoms with Crippen molar-refractivity contribution in [3.63, 3.8) is 0 Å². The molecule has 0 saturated carbocycles. The minimum absolute atomic E-state index is 0.00615. The SMILES string of the molecule is COc1ccc(Cl)cc1NC(=O)CC1S/C(=N\N=C2/C=C(C)CC(C)(C)C2)NC1=O. The summed E-state index contributed by atoms with van der Waals surface area (Å²) >= 11 is 7.19. The van der Waals surface area contributed by atoms with Crippen LogP contribution in [0.4, 0.5) is 5.69 Å². The molecule has 1 aromatic carbocycles. The second kappa shape index (κ2) is 9.22. The molecular formula is C21H25ClN4O3S. The van der Waals surface area contributed by atoms with Gasteiger partial charge in [0.15, 0.2) is 5.17 Å². The van der Waals surface area contributed by atoms with Gasteiger partial charge in [-0.05, 0) is 49.5 Å². The van der Waals surface area contributed by atoms with E-state index in [9.17, 15) is 9.59 Å². The van der Waals surface area contributed by atoms with Crippen LogP contribution >= 0.6 is 23.4 Å². The fourth-order valence-electron chi connectivity index (χ4n) is 3.60. The summed E-state index contributed by atoms with van der Waals surface area (Å²) in [5.74, 6) is -0.0840. The van der Waals surface area contributed by atoms with Crippen LogP contribution in [-0.4, -0.2) is 35.1 Å². The average Bonchev–Trinajstić information content (AvgIpc) is 2.98. The topological polar surface area (TPSA) is 92.2 Å². The highest BCUT2D eigenvalue weighted by Gasteiger charge is 2.32. The van der Waals surface area contributed by atoms with Crippen LogP contribution in [0, 0.1) is 5.41 Å². The molecule has 1 atom stereocenters. The first-order chi connectivity index (χ1) is 14.1. The molecule has 2 aliphatic rings. The minimum atomic E-state index is -0.575. The van der Waals surface area contributed by atoms with Gasteiger partial charge in [0.1, 0.15) is 11.0 Å². The standard InChI is InChI=1S/C21H25ClN4O3S/c1-12-7-14(11-21(2,3)10-12)25-26-20-24-19(28)17(30-20)9-18(27)23-15-8-13(22)5-6-16(15)29-4/h5-8,17H,9-11H2,1-4H3,(H,23,27)(H,24,26,28)/b25-14+. The molecule has 1 unspecified atom stereocenters. The van der Waals surface area contributed by atoms with E-state index in [1.807, 2.05) is 6.08 Å². The minimum Gasteiger partial charge on any atom is -0.495 e. The van der Waals surface area contributed by atoms with Crippen LogP contribution in [0.5, 0.6) is 5.75 Å². The fourth-order valence-corrected chi connectivity index (χ4v) is 4.69. The highest BCUT2D eigenvalue weighted by atomic mass is 35.5. The van der Waals surface area contributed by atoms with E-state index in [0.29, 0.717) is 21.6 Å². The summed E-state index contributed by atoms with van der Waals surface area (Å²) in [5, 5.41) is 14.3. The quantitative estimate of drug-likeness (QED) is 0.653. The van der Waals surface area contributed by atoms with E-state index in [1.165, 1.54) is 24.4 Å². The first kappa shape index (κ1) is 22.4. The zero-order valence-corrected chi connectivity index (χ0v) is 19.0. The van der Waals surface area contributed by atoms with Crippen LogP contribution in [-0.2, 0) is 9.59 Å². The van der Waals surface area contributed by atoms with Gasteiger partial charge in [0.2, 0.25) is 11.8 Å². The Balaban J connectivity index is 1.63. The molecule has 7 nitrogen and oxygen atoms in total. The maximum Gasteiger partial charge on any atom is 0.240 e. The van der Waals surface area contributed by atoms with Crippen molar-refractivity contribution >= 4 is 51.7 Å². The van der Waals surface area contributed by atoms with Crippen molar-refractivity contribution in [1.82, 2.24) is 5.32 Å². The fraction of sp³-hybridized carbons (Fsp3) is 0.429. The second-order valence-electron chi connectivity index (χ2n) is 8.20. The summed E-state index contributed by atoms with van der Waals surface area (Å²) in [4.78, 5) is 24.7. The third-order valence-electron chi connectivity index (χ3n) is 4.68. The Hall–Kier alpha value is -2.32. The molecule has 1 aromatic rings. The highest BCUT2D eigenvalue weighted by molar-refractivity contribution is 8.15. The molecule has 1 aliphatic heterocycles. The van der Waals surface area contributed by atoms with Gasteiger partial charge in [0.25, 0.3) is 0 Å². The Kier molecular flexibility index (Phi) is 6.88. The lowest BCUT2D eigenvalue weighted by Crippen LogP contribution is -2.28. The van der Waals surface area contributed by atoms with Crippen molar-refractivity contribution in [2.45, 2.75) is 45.3 Å². The van der Waals surface area contributed by atoms with Crippen molar-refractivity contribution in [3.8, 4) is 5.75 Å². The third kappa shape index (κ3) is 5.86. The first-order valence-corrected chi connectivity index (χ1v) is 10.8. The molecule has 160 valence electrons. The maximum absolute atomic E-state index is 12.4. The number of thioether (sulfide) groups is 1. The lowest BCUT2D eigenvalue weighted by molar-refractivity contribution is -0.122. The van der Waals surface area contributed by atoms with Gasteiger partial charge in [-0.15, -0.1) is 5.10 Å². The van der Waals surface area contributed by atoms with E-state index >= 15 is 0 Å². The summed E-state index contributed by atoms with van der Waals surface area (Å²) < 4.78 is 5.22. The molecule has 2 N–H and O–H groups in total. The Bertz CT molecular complexity index is 956. The molecule has 1 heterocycles. The predicted octanol–water partition coefficient (Wildman–Crippen LogP) is 4.39. The number of nitrogens with zero attached hydrogens (tertiary/aromatic N) is 2. The predicted molar refractivity (Wildman–Crippen MR) is 122 cm³/mol. The molecule has 2 amide bonds. The smallest absolute Gasteiger partial charge is 0.240 e. The monoisotopic (exact) mass is 448 g/mol. The van der Waals surface area contributed by atoms with E-state index in [1.54, 1.807) is 18.2 Å². The van der Waals surface area contributed by atoms with Gasteiger partial charge in [-0.1, -0.05) is 42.8 Å². The number of rotatable bonds is 5. The van der Waals surface area contributed by atoms with Crippen molar-refractivity contribution in [3.05, 3.63) is 34.9 Å². The number of anilines is 1. The molecule has 1 aliphatic carbocycles. The van der Waals surface area contributed by atoms with E-state index in [4.69, 9.17) is 16.3 Å². The molecular weight excluding hydrogens is 424 g/mol. The number of amidine groups is 1. The van der Waals surface area contributed by atoms with Crippen molar-refractivity contribution < 1.29 is 14.3 Å². The summed E-state index contributed by atoms with van der Waals surface area (Å²) in [5.41, 5.74) is 2.76. The Morgan fingerprint density at radius 3 is 2.83 bits per heavy atom.